The third kappa shape index (κ3) is 3.23. The average Bonchev–Trinajstić information content (AvgIpc) is 2.33. The van der Waals surface area contributed by atoms with Crippen molar-refractivity contribution in [2.75, 3.05) is 10.5 Å². The average molecular weight is 377 g/mol. The van der Waals surface area contributed by atoms with E-state index >= 15 is 0 Å². The second-order valence-electron chi connectivity index (χ2n) is 4.09. The first kappa shape index (κ1) is 15.1. The molecule has 1 aromatic carbocycles. The zero-order chi connectivity index (χ0) is 14.9. The highest BCUT2D eigenvalue weighted by Crippen LogP contribution is 2.28. The monoisotopic (exact) mass is 375 g/mol. The molecule has 0 saturated heterocycles. The lowest BCUT2D eigenvalue weighted by atomic mass is 10.2. The molecule has 0 atom stereocenters. The van der Waals surface area contributed by atoms with Crippen molar-refractivity contribution in [3.63, 3.8) is 0 Å². The highest BCUT2D eigenvalue weighted by atomic mass is 79.9. The highest BCUT2D eigenvalue weighted by molar-refractivity contribution is 9.10. The Hall–Kier alpha value is -1.31. The standard InChI is InChI=1S/C12H11BrClN3O2S/c1-7-10(15)4-8(13)5-11(7)20(18,19)17-9-2-3-16-12(14)6-9/h2-6H,15H2,1H3,(H,16,17). The van der Waals surface area contributed by atoms with E-state index in [2.05, 4.69) is 25.6 Å². The first-order valence-corrected chi connectivity index (χ1v) is 8.15. The van der Waals surface area contributed by atoms with Crippen molar-refractivity contribution in [1.29, 1.82) is 0 Å². The summed E-state index contributed by atoms with van der Waals surface area (Å²) in [6.45, 7) is 1.65. The first-order valence-electron chi connectivity index (χ1n) is 5.49. The van der Waals surface area contributed by atoms with Gasteiger partial charge in [-0.2, -0.15) is 0 Å². The Morgan fingerprint density at radius 2 is 2.05 bits per heavy atom. The van der Waals surface area contributed by atoms with Crippen LogP contribution in [0.1, 0.15) is 5.56 Å². The predicted molar refractivity (Wildman–Crippen MR) is 83.3 cm³/mol. The highest BCUT2D eigenvalue weighted by Gasteiger charge is 2.19. The fourth-order valence-corrected chi connectivity index (χ4v) is 3.78. The van der Waals surface area contributed by atoms with Crippen molar-refractivity contribution in [1.82, 2.24) is 4.98 Å². The first-order chi connectivity index (χ1) is 9.29. The molecule has 0 unspecified atom stereocenters. The maximum absolute atomic E-state index is 12.4. The number of rotatable bonds is 3. The molecule has 1 aromatic heterocycles. The Bertz CT molecular complexity index is 765. The maximum Gasteiger partial charge on any atom is 0.262 e. The zero-order valence-corrected chi connectivity index (χ0v) is 13.6. The molecule has 3 N–H and O–H groups in total. The fourth-order valence-electron chi connectivity index (χ4n) is 1.63. The second-order valence-corrected chi connectivity index (χ2v) is 7.04. The Morgan fingerprint density at radius 3 is 2.70 bits per heavy atom. The summed E-state index contributed by atoms with van der Waals surface area (Å²) >= 11 is 8.96. The molecule has 5 nitrogen and oxygen atoms in total. The molecule has 0 fully saturated rings. The molecule has 0 amide bonds. The molecule has 2 aromatic rings. The predicted octanol–water partition coefficient (Wildman–Crippen LogP) is 3.19. The van der Waals surface area contributed by atoms with Crippen molar-refractivity contribution < 1.29 is 8.42 Å². The number of benzene rings is 1. The fraction of sp³-hybridized carbons (Fsp3) is 0.0833. The number of nitrogens with two attached hydrogens (primary N) is 1. The quantitative estimate of drug-likeness (QED) is 0.636. The van der Waals surface area contributed by atoms with E-state index in [0.29, 0.717) is 21.4 Å². The van der Waals surface area contributed by atoms with Gasteiger partial charge in [-0.25, -0.2) is 13.4 Å². The number of sulfonamides is 1. The van der Waals surface area contributed by atoms with Crippen LogP contribution in [0.15, 0.2) is 39.8 Å². The SMILES string of the molecule is Cc1c(N)cc(Br)cc1S(=O)(=O)Nc1ccnc(Cl)c1. The number of pyridine rings is 1. The largest absolute Gasteiger partial charge is 0.398 e. The smallest absolute Gasteiger partial charge is 0.262 e. The van der Waals surface area contributed by atoms with E-state index in [1.807, 2.05) is 0 Å². The lowest BCUT2D eigenvalue weighted by Crippen LogP contribution is -2.15. The normalized spacial score (nSPS) is 11.3. The number of hydrogen-bond acceptors (Lipinski definition) is 4. The van der Waals surface area contributed by atoms with Gasteiger partial charge in [0.2, 0.25) is 0 Å². The van der Waals surface area contributed by atoms with E-state index in [9.17, 15) is 8.42 Å². The van der Waals surface area contributed by atoms with Crippen LogP contribution in [0.5, 0.6) is 0 Å². The van der Waals surface area contributed by atoms with Gasteiger partial charge < -0.3 is 5.73 Å². The summed E-state index contributed by atoms with van der Waals surface area (Å²) in [4.78, 5) is 3.90. The van der Waals surface area contributed by atoms with Crippen molar-refractivity contribution in [2.45, 2.75) is 11.8 Å². The minimum Gasteiger partial charge on any atom is -0.398 e. The summed E-state index contributed by atoms with van der Waals surface area (Å²) in [7, 11) is -3.75. The van der Waals surface area contributed by atoms with Gasteiger partial charge in [0.1, 0.15) is 5.15 Å². The molecule has 8 heteroatoms. The molecule has 20 heavy (non-hydrogen) atoms. The third-order valence-electron chi connectivity index (χ3n) is 2.63. The number of nitrogen functional groups attached to an aromatic ring is 1. The van der Waals surface area contributed by atoms with Crippen molar-refractivity contribution in [2.24, 2.45) is 0 Å². The van der Waals surface area contributed by atoms with Gasteiger partial charge in [0.05, 0.1) is 10.6 Å². The van der Waals surface area contributed by atoms with E-state index in [-0.39, 0.29) is 10.0 Å². The van der Waals surface area contributed by atoms with Crippen LogP contribution in [-0.2, 0) is 10.0 Å². The van der Waals surface area contributed by atoms with Gasteiger partial charge in [0, 0.05) is 16.4 Å². The molecule has 2 rings (SSSR count). The second kappa shape index (κ2) is 5.59. The molecule has 1 heterocycles. The minimum atomic E-state index is -3.75. The summed E-state index contributed by atoms with van der Waals surface area (Å²) < 4.78 is 27.8. The third-order valence-corrected chi connectivity index (χ3v) is 4.81. The van der Waals surface area contributed by atoms with E-state index in [4.69, 9.17) is 17.3 Å². The number of nitrogens with one attached hydrogen (secondary N) is 1. The van der Waals surface area contributed by atoms with Gasteiger partial charge in [-0.15, -0.1) is 0 Å². The molecular formula is C12H11BrClN3O2S. The summed E-state index contributed by atoms with van der Waals surface area (Å²) in [5, 5.41) is 0.204. The van der Waals surface area contributed by atoms with Gasteiger partial charge in [0.15, 0.2) is 0 Å². The van der Waals surface area contributed by atoms with E-state index in [1.165, 1.54) is 24.4 Å². The van der Waals surface area contributed by atoms with Crippen LogP contribution in [0.2, 0.25) is 5.15 Å². The molecule has 0 bridgehead atoms. The van der Waals surface area contributed by atoms with Crippen LogP contribution in [0.25, 0.3) is 0 Å². The Labute approximate surface area is 130 Å². The molecular weight excluding hydrogens is 366 g/mol. The van der Waals surface area contributed by atoms with Crippen molar-refractivity contribution in [3.8, 4) is 0 Å². The van der Waals surface area contributed by atoms with E-state index in [1.54, 1.807) is 13.0 Å². The van der Waals surface area contributed by atoms with Crippen LogP contribution in [0.4, 0.5) is 11.4 Å². The van der Waals surface area contributed by atoms with Gasteiger partial charge >= 0.3 is 0 Å². The van der Waals surface area contributed by atoms with Crippen molar-refractivity contribution in [3.05, 3.63) is 45.7 Å². The lowest BCUT2D eigenvalue weighted by molar-refractivity contribution is 0.600. The van der Waals surface area contributed by atoms with Crippen LogP contribution >= 0.6 is 27.5 Å². The minimum absolute atomic E-state index is 0.109. The maximum atomic E-state index is 12.4. The molecule has 0 aliphatic carbocycles. The molecule has 106 valence electrons. The topological polar surface area (TPSA) is 85.1 Å². The van der Waals surface area contributed by atoms with Crippen molar-refractivity contribution >= 4 is 48.9 Å². The van der Waals surface area contributed by atoms with Gasteiger partial charge in [-0.05, 0) is 36.8 Å². The van der Waals surface area contributed by atoms with E-state index in [0.717, 1.165) is 0 Å². The Morgan fingerprint density at radius 1 is 1.35 bits per heavy atom. The molecule has 0 spiro atoms. The summed E-state index contributed by atoms with van der Waals surface area (Å²) in [5.74, 6) is 0. The van der Waals surface area contributed by atoms with Crippen LogP contribution < -0.4 is 10.5 Å². The van der Waals surface area contributed by atoms with Crippen LogP contribution in [0, 0.1) is 6.92 Å². The summed E-state index contributed by atoms with van der Waals surface area (Å²) in [6, 6.07) is 6.09. The number of halogens is 2. The van der Waals surface area contributed by atoms with Gasteiger partial charge in [-0.1, -0.05) is 27.5 Å². The summed E-state index contributed by atoms with van der Waals surface area (Å²) in [6.07, 6.45) is 1.42. The molecule has 0 aliphatic rings. The summed E-state index contributed by atoms with van der Waals surface area (Å²) in [5.41, 5.74) is 7.00. The molecule has 0 saturated carbocycles. The number of nitrogens with zero attached hydrogens (tertiary/aromatic N) is 1. The Kier molecular flexibility index (Phi) is 4.22. The van der Waals surface area contributed by atoms with Gasteiger partial charge in [-0.3, -0.25) is 4.72 Å². The van der Waals surface area contributed by atoms with E-state index < -0.39 is 10.0 Å². The molecule has 0 radical (unpaired) electrons. The Balaban J connectivity index is 2.46. The number of aromatic nitrogens is 1. The lowest BCUT2D eigenvalue weighted by Gasteiger charge is -2.12. The number of anilines is 2. The molecule has 0 aliphatic heterocycles. The zero-order valence-electron chi connectivity index (χ0n) is 10.4. The van der Waals surface area contributed by atoms with Crippen LogP contribution in [-0.4, -0.2) is 13.4 Å². The van der Waals surface area contributed by atoms with Crippen LogP contribution in [0.3, 0.4) is 0 Å². The number of hydrogen-bond donors (Lipinski definition) is 2. The van der Waals surface area contributed by atoms with Gasteiger partial charge in [0.25, 0.3) is 10.0 Å².